The van der Waals surface area contributed by atoms with Gasteiger partial charge in [-0.3, -0.25) is 0 Å². The summed E-state index contributed by atoms with van der Waals surface area (Å²) in [5, 5.41) is 10.7. The van der Waals surface area contributed by atoms with E-state index in [-0.39, 0.29) is 0 Å². The minimum Gasteiger partial charge on any atom is -0.387 e. The normalized spacial score (nSPS) is 6.40. The van der Waals surface area contributed by atoms with Crippen molar-refractivity contribution in [2.75, 3.05) is 0 Å². The highest BCUT2D eigenvalue weighted by Crippen LogP contribution is 2.11. The van der Waals surface area contributed by atoms with Crippen LogP contribution in [-0.2, 0) is 6.42 Å². The van der Waals surface area contributed by atoms with Gasteiger partial charge in [-0.1, -0.05) is 140 Å². The Kier molecular flexibility index (Phi) is 138. The molecule has 0 atom stereocenters. The van der Waals surface area contributed by atoms with Crippen LogP contribution in [0.4, 0.5) is 0 Å². The van der Waals surface area contributed by atoms with E-state index in [1.165, 1.54) is 22.3 Å². The Hall–Kier alpha value is -2.53. The standard InChI is InChI=1S/C11H14.C6H13N.C4H8.C3H5N.6C2H6.C2H4/c1-4-10-6-7-11(5-2)9(3)8-10;1-5(2)7-6(3)4;1-4(2)3;1-2-3-4;7*1-2/h4,6-8H,1,5H2,2-3H3;6-7H,1H2,2-4H3;1H2,2-3H3;2H2,1H3;6*1-2H3;1-2H2. The Balaban J connectivity index is -0.0000000342. The number of rotatable bonds is 4. The third-order valence-corrected chi connectivity index (χ3v) is 2.68. The number of hydrogen-bond acceptors (Lipinski definition) is 2. The second-order valence-electron chi connectivity index (χ2n) is 6.54. The predicted octanol–water partition coefficient (Wildman–Crippen LogP) is 14.2. The molecule has 2 heteroatoms. The Labute approximate surface area is 258 Å². The van der Waals surface area contributed by atoms with Crippen LogP contribution in [0, 0.1) is 18.3 Å². The highest BCUT2D eigenvalue weighted by molar-refractivity contribution is 5.49. The summed E-state index contributed by atoms with van der Waals surface area (Å²) in [5.41, 5.74) is 6.20. The van der Waals surface area contributed by atoms with Crippen LogP contribution >= 0.6 is 0 Å². The zero-order valence-corrected chi connectivity index (χ0v) is 31.8. The molecule has 0 heterocycles. The van der Waals surface area contributed by atoms with Crippen molar-refractivity contribution in [2.24, 2.45) is 0 Å². The van der Waals surface area contributed by atoms with E-state index in [0.717, 1.165) is 12.1 Å². The maximum atomic E-state index is 7.62. The van der Waals surface area contributed by atoms with Crippen molar-refractivity contribution in [2.45, 2.75) is 157 Å². The average Bonchev–Trinajstić information content (AvgIpc) is 2.99. The summed E-state index contributed by atoms with van der Waals surface area (Å²) in [6.07, 6.45) is 3.62. The average molecular weight is 565 g/mol. The highest BCUT2D eigenvalue weighted by Gasteiger charge is 1.94. The molecule has 0 amide bonds. The zero-order valence-electron chi connectivity index (χ0n) is 31.8. The molecule has 0 saturated heterocycles. The van der Waals surface area contributed by atoms with Crippen LogP contribution in [0.3, 0.4) is 0 Å². The first kappa shape index (κ1) is 66.0. The Bertz CT molecular complexity index is 572. The summed E-state index contributed by atoms with van der Waals surface area (Å²) < 4.78 is 0. The van der Waals surface area contributed by atoms with Crippen molar-refractivity contribution < 1.29 is 0 Å². The van der Waals surface area contributed by atoms with Gasteiger partial charge in [0.05, 0.1) is 6.07 Å². The molecular formula is C38H80N2. The minimum atomic E-state index is 0.525. The summed E-state index contributed by atoms with van der Waals surface area (Å²) >= 11 is 0. The van der Waals surface area contributed by atoms with E-state index in [1.54, 1.807) is 0 Å². The van der Waals surface area contributed by atoms with E-state index in [2.05, 4.69) is 84.1 Å². The summed E-state index contributed by atoms with van der Waals surface area (Å²) in [7, 11) is 0. The molecule has 1 aromatic carbocycles. The molecule has 0 aliphatic rings. The summed E-state index contributed by atoms with van der Waals surface area (Å²) in [6, 6.07) is 8.91. The molecular weight excluding hydrogens is 484 g/mol. The second-order valence-corrected chi connectivity index (χ2v) is 6.54. The third kappa shape index (κ3) is 111. The summed E-state index contributed by atoms with van der Waals surface area (Å²) in [6.45, 7) is 57.2. The highest BCUT2D eigenvalue weighted by atomic mass is 14.9. The van der Waals surface area contributed by atoms with Crippen LogP contribution in [0.25, 0.3) is 6.08 Å². The molecule has 0 saturated carbocycles. The smallest absolute Gasteiger partial charge is 0.0618 e. The topological polar surface area (TPSA) is 35.8 Å². The van der Waals surface area contributed by atoms with E-state index in [9.17, 15) is 0 Å². The molecule has 0 aliphatic heterocycles. The molecule has 2 nitrogen and oxygen atoms in total. The number of benzene rings is 1. The van der Waals surface area contributed by atoms with Gasteiger partial charge in [0.2, 0.25) is 0 Å². The van der Waals surface area contributed by atoms with Crippen LogP contribution in [0.2, 0.25) is 0 Å². The van der Waals surface area contributed by atoms with Gasteiger partial charge >= 0.3 is 0 Å². The largest absolute Gasteiger partial charge is 0.387 e. The lowest BCUT2D eigenvalue weighted by atomic mass is 10.0. The van der Waals surface area contributed by atoms with Gasteiger partial charge in [0.1, 0.15) is 0 Å². The van der Waals surface area contributed by atoms with Crippen molar-refractivity contribution in [3.63, 3.8) is 0 Å². The maximum Gasteiger partial charge on any atom is 0.0618 e. The first-order chi connectivity index (χ1) is 19.0. The molecule has 0 fully saturated rings. The lowest BCUT2D eigenvalue weighted by Crippen LogP contribution is -2.19. The Morgan fingerprint density at radius 3 is 1.25 bits per heavy atom. The van der Waals surface area contributed by atoms with Gasteiger partial charge < -0.3 is 5.32 Å². The van der Waals surface area contributed by atoms with Crippen molar-refractivity contribution in [1.29, 1.82) is 5.26 Å². The van der Waals surface area contributed by atoms with Gasteiger partial charge in [0, 0.05) is 18.2 Å². The van der Waals surface area contributed by atoms with Gasteiger partial charge in [0.25, 0.3) is 0 Å². The number of nitriles is 1. The zero-order chi connectivity index (χ0) is 35.1. The fourth-order valence-electron chi connectivity index (χ4n) is 1.74. The molecule has 242 valence electrons. The van der Waals surface area contributed by atoms with Crippen LogP contribution in [0.15, 0.2) is 62.4 Å². The molecule has 0 unspecified atom stereocenters. The third-order valence-electron chi connectivity index (χ3n) is 2.68. The lowest BCUT2D eigenvalue weighted by Gasteiger charge is -2.06. The summed E-state index contributed by atoms with van der Waals surface area (Å²) in [5.74, 6) is 0. The van der Waals surface area contributed by atoms with Crippen molar-refractivity contribution in [3.05, 3.63) is 79.1 Å². The quantitative estimate of drug-likeness (QED) is 0.369. The van der Waals surface area contributed by atoms with E-state index >= 15 is 0 Å². The lowest BCUT2D eigenvalue weighted by molar-refractivity contribution is 0.671. The molecule has 0 spiro atoms. The molecule has 0 radical (unpaired) electrons. The fourth-order valence-corrected chi connectivity index (χ4v) is 1.74. The number of hydrogen-bond donors (Lipinski definition) is 1. The van der Waals surface area contributed by atoms with Gasteiger partial charge in [-0.25, -0.2) is 0 Å². The van der Waals surface area contributed by atoms with Gasteiger partial charge in [0.15, 0.2) is 0 Å². The van der Waals surface area contributed by atoms with E-state index in [1.807, 2.05) is 123 Å². The fraction of sp³-hybridized carbons (Fsp3) is 0.605. The second kappa shape index (κ2) is 83.3. The van der Waals surface area contributed by atoms with Crippen molar-refractivity contribution >= 4 is 6.08 Å². The first-order valence-corrected chi connectivity index (χ1v) is 15.7. The van der Waals surface area contributed by atoms with E-state index in [0.29, 0.717) is 12.5 Å². The maximum absolute atomic E-state index is 7.62. The molecule has 0 aliphatic carbocycles. The van der Waals surface area contributed by atoms with Crippen LogP contribution in [0.1, 0.15) is 155 Å². The molecule has 1 N–H and O–H groups in total. The Morgan fingerprint density at radius 1 is 0.825 bits per heavy atom. The predicted molar refractivity (Wildman–Crippen MR) is 199 cm³/mol. The van der Waals surface area contributed by atoms with Crippen molar-refractivity contribution in [1.82, 2.24) is 5.32 Å². The van der Waals surface area contributed by atoms with Crippen LogP contribution in [-0.4, -0.2) is 6.04 Å². The Morgan fingerprint density at radius 2 is 1.12 bits per heavy atom. The van der Waals surface area contributed by atoms with E-state index in [4.69, 9.17) is 5.26 Å². The van der Waals surface area contributed by atoms with Crippen molar-refractivity contribution in [3.8, 4) is 6.07 Å². The molecule has 1 aromatic rings. The molecule has 0 aromatic heterocycles. The van der Waals surface area contributed by atoms with Gasteiger partial charge in [-0.05, 0) is 64.7 Å². The molecule has 40 heavy (non-hydrogen) atoms. The summed E-state index contributed by atoms with van der Waals surface area (Å²) in [4.78, 5) is 0. The minimum absolute atomic E-state index is 0.525. The van der Waals surface area contributed by atoms with Crippen LogP contribution in [0.5, 0.6) is 0 Å². The molecule has 1 rings (SSSR count). The van der Waals surface area contributed by atoms with Gasteiger partial charge in [-0.2, -0.15) is 5.26 Å². The monoisotopic (exact) mass is 565 g/mol. The van der Waals surface area contributed by atoms with Crippen LogP contribution < -0.4 is 5.32 Å². The van der Waals surface area contributed by atoms with Gasteiger partial charge in [-0.15, -0.1) is 19.7 Å². The SMILES string of the molecule is C=C.C=C(C)C.C=C(C)NC(C)C.C=Cc1ccc(CC)c(C)c1.CC.CC.CC.CC.CC.CC.CCC#N. The van der Waals surface area contributed by atoms with E-state index < -0.39 is 0 Å². The molecule has 0 bridgehead atoms. The number of aryl methyl sites for hydroxylation is 2. The first-order valence-electron chi connectivity index (χ1n) is 15.7. The number of nitrogens with zero attached hydrogens (tertiary/aromatic N) is 1. The number of nitrogens with one attached hydrogen (secondary N) is 1. The number of allylic oxidation sites excluding steroid dienone is 2.